The van der Waals surface area contributed by atoms with Crippen molar-refractivity contribution in [1.29, 1.82) is 0 Å². The van der Waals surface area contributed by atoms with Gasteiger partial charge >= 0.3 is 0 Å². The fraction of sp³-hybridized carbons (Fsp3) is 0.500. The number of hydrogen-bond donors (Lipinski definition) is 1. The van der Waals surface area contributed by atoms with Crippen molar-refractivity contribution in [2.24, 2.45) is 5.73 Å². The SMILES string of the molecule is CS(=O)(=O)CCCC(N)CSc1ccccc1Br. The summed E-state index contributed by atoms with van der Waals surface area (Å²) < 4.78 is 23.0. The fourth-order valence-electron chi connectivity index (χ4n) is 1.45. The van der Waals surface area contributed by atoms with Crippen LogP contribution >= 0.6 is 27.7 Å². The van der Waals surface area contributed by atoms with Crippen LogP contribution in [0.25, 0.3) is 0 Å². The van der Waals surface area contributed by atoms with Crippen LogP contribution in [0.2, 0.25) is 0 Å². The van der Waals surface area contributed by atoms with Crippen molar-refractivity contribution >= 4 is 37.5 Å². The molecule has 0 heterocycles. The summed E-state index contributed by atoms with van der Waals surface area (Å²) in [6, 6.07) is 8.03. The molecule has 0 saturated heterocycles. The summed E-state index contributed by atoms with van der Waals surface area (Å²) >= 11 is 5.18. The average Bonchev–Trinajstić information content (AvgIpc) is 2.26. The molecule has 1 rings (SSSR count). The molecule has 0 bridgehead atoms. The van der Waals surface area contributed by atoms with E-state index in [0.717, 1.165) is 21.5 Å². The van der Waals surface area contributed by atoms with Crippen molar-refractivity contribution in [1.82, 2.24) is 0 Å². The Labute approximate surface area is 122 Å². The Morgan fingerprint density at radius 3 is 2.67 bits per heavy atom. The number of sulfone groups is 1. The van der Waals surface area contributed by atoms with E-state index in [2.05, 4.69) is 15.9 Å². The normalized spacial score (nSPS) is 13.5. The summed E-state index contributed by atoms with van der Waals surface area (Å²) in [5.41, 5.74) is 5.97. The predicted molar refractivity (Wildman–Crippen MR) is 81.8 cm³/mol. The maximum atomic E-state index is 11.0. The molecule has 18 heavy (non-hydrogen) atoms. The van der Waals surface area contributed by atoms with E-state index in [4.69, 9.17) is 5.73 Å². The Morgan fingerprint density at radius 2 is 2.06 bits per heavy atom. The van der Waals surface area contributed by atoms with Gasteiger partial charge in [0.15, 0.2) is 0 Å². The van der Waals surface area contributed by atoms with Gasteiger partial charge in [-0.2, -0.15) is 0 Å². The van der Waals surface area contributed by atoms with E-state index in [1.54, 1.807) is 11.8 Å². The number of nitrogens with two attached hydrogens (primary N) is 1. The predicted octanol–water partition coefficient (Wildman–Crippen LogP) is 2.69. The van der Waals surface area contributed by atoms with Crippen molar-refractivity contribution in [2.45, 2.75) is 23.8 Å². The van der Waals surface area contributed by atoms with Crippen LogP contribution in [0.15, 0.2) is 33.6 Å². The largest absolute Gasteiger partial charge is 0.327 e. The Hall–Kier alpha value is -0.0400. The zero-order chi connectivity index (χ0) is 13.6. The molecule has 102 valence electrons. The van der Waals surface area contributed by atoms with Gasteiger partial charge in [0, 0.05) is 33.2 Å². The molecule has 0 aliphatic carbocycles. The Bertz CT molecular complexity index is 477. The lowest BCUT2D eigenvalue weighted by molar-refractivity contribution is 0.591. The van der Waals surface area contributed by atoms with Crippen molar-refractivity contribution in [3.05, 3.63) is 28.7 Å². The van der Waals surface area contributed by atoms with E-state index in [1.807, 2.05) is 24.3 Å². The quantitative estimate of drug-likeness (QED) is 0.767. The highest BCUT2D eigenvalue weighted by molar-refractivity contribution is 9.10. The highest BCUT2D eigenvalue weighted by atomic mass is 79.9. The highest BCUT2D eigenvalue weighted by Crippen LogP contribution is 2.27. The molecule has 1 aromatic rings. The molecular formula is C12H18BrNO2S2. The Kier molecular flexibility index (Phi) is 6.70. The van der Waals surface area contributed by atoms with Crippen LogP contribution in [-0.2, 0) is 9.84 Å². The topological polar surface area (TPSA) is 60.2 Å². The van der Waals surface area contributed by atoms with E-state index >= 15 is 0 Å². The lowest BCUT2D eigenvalue weighted by Gasteiger charge is -2.11. The van der Waals surface area contributed by atoms with Crippen LogP contribution < -0.4 is 5.73 Å². The van der Waals surface area contributed by atoms with Crippen LogP contribution in [0.1, 0.15) is 12.8 Å². The van der Waals surface area contributed by atoms with Gasteiger partial charge in [-0.15, -0.1) is 11.8 Å². The zero-order valence-electron chi connectivity index (χ0n) is 10.3. The van der Waals surface area contributed by atoms with E-state index in [0.29, 0.717) is 6.42 Å². The van der Waals surface area contributed by atoms with Gasteiger partial charge in [0.1, 0.15) is 9.84 Å². The third-order valence-corrected chi connectivity index (χ3v) is 5.63. The number of thioether (sulfide) groups is 1. The number of halogens is 1. The lowest BCUT2D eigenvalue weighted by Crippen LogP contribution is -2.23. The van der Waals surface area contributed by atoms with Gasteiger partial charge in [0.05, 0.1) is 0 Å². The third-order valence-electron chi connectivity index (χ3n) is 2.38. The van der Waals surface area contributed by atoms with Crippen LogP contribution in [0.3, 0.4) is 0 Å². The summed E-state index contributed by atoms with van der Waals surface area (Å²) in [7, 11) is -2.86. The Morgan fingerprint density at radius 1 is 1.39 bits per heavy atom. The molecule has 1 unspecified atom stereocenters. The Balaban J connectivity index is 2.29. The minimum absolute atomic E-state index is 0.0313. The van der Waals surface area contributed by atoms with Gasteiger partial charge in [-0.3, -0.25) is 0 Å². The fourth-order valence-corrected chi connectivity index (χ4v) is 3.71. The van der Waals surface area contributed by atoms with E-state index in [1.165, 1.54) is 6.26 Å². The zero-order valence-corrected chi connectivity index (χ0v) is 13.5. The standard InChI is InChI=1S/C12H18BrNO2S2/c1-18(15,16)8-4-5-10(14)9-17-12-7-3-2-6-11(12)13/h2-3,6-7,10H,4-5,8-9,14H2,1H3. The maximum Gasteiger partial charge on any atom is 0.147 e. The minimum atomic E-state index is -2.86. The first kappa shape index (κ1) is 16.0. The van der Waals surface area contributed by atoms with Crippen molar-refractivity contribution in [3.8, 4) is 0 Å². The molecule has 0 aliphatic rings. The first-order chi connectivity index (χ1) is 8.38. The van der Waals surface area contributed by atoms with E-state index in [-0.39, 0.29) is 11.8 Å². The maximum absolute atomic E-state index is 11.0. The van der Waals surface area contributed by atoms with Crippen LogP contribution in [0.4, 0.5) is 0 Å². The van der Waals surface area contributed by atoms with Gasteiger partial charge in [0.25, 0.3) is 0 Å². The molecule has 0 amide bonds. The summed E-state index contributed by atoms with van der Waals surface area (Å²) in [4.78, 5) is 1.16. The molecule has 0 fully saturated rings. The molecule has 1 aromatic carbocycles. The van der Waals surface area contributed by atoms with E-state index in [9.17, 15) is 8.42 Å². The molecule has 1 atom stereocenters. The summed E-state index contributed by atoms with van der Waals surface area (Å²) in [6.07, 6.45) is 2.63. The summed E-state index contributed by atoms with van der Waals surface area (Å²) in [5.74, 6) is 1.02. The van der Waals surface area contributed by atoms with Gasteiger partial charge in [0.2, 0.25) is 0 Å². The average molecular weight is 352 g/mol. The van der Waals surface area contributed by atoms with Crippen LogP contribution in [-0.4, -0.2) is 32.2 Å². The van der Waals surface area contributed by atoms with E-state index < -0.39 is 9.84 Å². The van der Waals surface area contributed by atoms with Gasteiger partial charge < -0.3 is 5.73 Å². The van der Waals surface area contributed by atoms with Gasteiger partial charge in [-0.05, 0) is 40.9 Å². The molecular weight excluding hydrogens is 334 g/mol. The monoisotopic (exact) mass is 351 g/mol. The van der Waals surface area contributed by atoms with Gasteiger partial charge in [-0.1, -0.05) is 12.1 Å². The number of rotatable bonds is 7. The third kappa shape index (κ3) is 6.78. The van der Waals surface area contributed by atoms with Crippen LogP contribution in [0, 0.1) is 0 Å². The van der Waals surface area contributed by atoms with Gasteiger partial charge in [-0.25, -0.2) is 8.42 Å². The highest BCUT2D eigenvalue weighted by Gasteiger charge is 2.08. The molecule has 6 heteroatoms. The molecule has 0 aromatic heterocycles. The second kappa shape index (κ2) is 7.53. The minimum Gasteiger partial charge on any atom is -0.327 e. The van der Waals surface area contributed by atoms with Crippen LogP contribution in [0.5, 0.6) is 0 Å². The van der Waals surface area contributed by atoms with Crippen molar-refractivity contribution in [2.75, 3.05) is 17.8 Å². The second-order valence-electron chi connectivity index (χ2n) is 4.27. The summed E-state index contributed by atoms with van der Waals surface area (Å²) in [6.45, 7) is 0. The molecule has 3 nitrogen and oxygen atoms in total. The molecule has 2 N–H and O–H groups in total. The first-order valence-corrected chi connectivity index (χ1v) is 9.53. The summed E-state index contributed by atoms with van der Waals surface area (Å²) in [5, 5.41) is 0. The lowest BCUT2D eigenvalue weighted by atomic mass is 10.2. The number of benzene rings is 1. The van der Waals surface area contributed by atoms with Crippen molar-refractivity contribution in [3.63, 3.8) is 0 Å². The molecule has 0 spiro atoms. The molecule has 0 saturated carbocycles. The molecule has 0 aliphatic heterocycles. The number of hydrogen-bond acceptors (Lipinski definition) is 4. The van der Waals surface area contributed by atoms with Crippen molar-refractivity contribution < 1.29 is 8.42 Å². The second-order valence-corrected chi connectivity index (χ2v) is 8.45. The first-order valence-electron chi connectivity index (χ1n) is 5.69. The smallest absolute Gasteiger partial charge is 0.147 e. The molecule has 0 radical (unpaired) electrons.